The van der Waals surface area contributed by atoms with Gasteiger partial charge >= 0.3 is 5.97 Å². The number of carboxylic acids is 1. The van der Waals surface area contributed by atoms with Gasteiger partial charge in [-0.3, -0.25) is 24.6 Å². The van der Waals surface area contributed by atoms with E-state index in [0.29, 0.717) is 35.1 Å². The third-order valence-corrected chi connectivity index (χ3v) is 8.37. The number of amides is 4. The van der Waals surface area contributed by atoms with Crippen LogP contribution in [0.5, 0.6) is 0 Å². The van der Waals surface area contributed by atoms with Gasteiger partial charge in [0, 0.05) is 24.0 Å². The molecule has 0 saturated carbocycles. The van der Waals surface area contributed by atoms with Gasteiger partial charge in [0.25, 0.3) is 0 Å². The standard InChI is InChI=1S/C32H46N8O9/c1-6-19-8-7-9-20-14(2)25(49-26(19)20)24(42)23(31(47)48)39-28(44)16(4)36-27(43)15(3)37-29(45)21(38-30(46)22(33)17(5)41)12-18-10-11-40(13-18)32(34)35/h7-10,15-17,21-24,41-42H,6,11-13,33H2,1-5H3,(H3,34,35)(H,36,43)(H,37,45)(H,38,46)(H,39,44)(H,47,48). The molecule has 0 radical (unpaired) electrons. The normalized spacial score (nSPS) is 17.1. The molecule has 1 aliphatic rings. The molecule has 17 nitrogen and oxygen atoms in total. The van der Waals surface area contributed by atoms with E-state index in [-0.39, 0.29) is 24.7 Å². The zero-order valence-electron chi connectivity index (χ0n) is 28.1. The van der Waals surface area contributed by atoms with E-state index in [1.54, 1.807) is 19.1 Å². The molecule has 0 bridgehead atoms. The van der Waals surface area contributed by atoms with Gasteiger partial charge in [-0.1, -0.05) is 36.8 Å². The Labute approximate surface area is 282 Å². The van der Waals surface area contributed by atoms with Crippen molar-refractivity contribution in [1.29, 1.82) is 5.41 Å². The number of guanidine groups is 1. The Hall–Kier alpha value is -5.00. The lowest BCUT2D eigenvalue weighted by Crippen LogP contribution is -2.58. The Morgan fingerprint density at radius 3 is 2.14 bits per heavy atom. The molecule has 268 valence electrons. The highest BCUT2D eigenvalue weighted by molar-refractivity contribution is 5.95. The number of aliphatic carboxylic acids is 1. The highest BCUT2D eigenvalue weighted by Gasteiger charge is 2.36. The third kappa shape index (κ3) is 9.33. The molecular weight excluding hydrogens is 640 g/mol. The number of carboxylic acid groups (broad SMARTS) is 1. The van der Waals surface area contributed by atoms with Crippen molar-refractivity contribution >= 4 is 46.5 Å². The van der Waals surface area contributed by atoms with E-state index in [1.807, 2.05) is 19.1 Å². The topological polar surface area (TPSA) is 286 Å². The maximum Gasteiger partial charge on any atom is 0.329 e. The number of para-hydroxylation sites is 1. The summed E-state index contributed by atoms with van der Waals surface area (Å²) < 4.78 is 5.87. The monoisotopic (exact) mass is 686 g/mol. The van der Waals surface area contributed by atoms with Gasteiger partial charge in [0.05, 0.1) is 6.10 Å². The Balaban J connectivity index is 1.66. The van der Waals surface area contributed by atoms with Crippen molar-refractivity contribution in [2.75, 3.05) is 13.1 Å². The van der Waals surface area contributed by atoms with Gasteiger partial charge in [0.15, 0.2) is 12.0 Å². The molecule has 3 rings (SSSR count). The maximum atomic E-state index is 13.3. The van der Waals surface area contributed by atoms with Crippen molar-refractivity contribution in [1.82, 2.24) is 26.2 Å². The number of nitrogens with one attached hydrogen (secondary N) is 5. The molecule has 0 aliphatic carbocycles. The predicted molar refractivity (Wildman–Crippen MR) is 178 cm³/mol. The van der Waals surface area contributed by atoms with Crippen LogP contribution in [0.3, 0.4) is 0 Å². The second-order valence-electron chi connectivity index (χ2n) is 12.1. The molecule has 7 atom stereocenters. The summed E-state index contributed by atoms with van der Waals surface area (Å²) in [5, 5.41) is 48.5. The molecule has 7 unspecified atom stereocenters. The van der Waals surface area contributed by atoms with Crippen molar-refractivity contribution in [3.63, 3.8) is 0 Å². The summed E-state index contributed by atoms with van der Waals surface area (Å²) in [7, 11) is 0. The molecule has 1 aromatic carbocycles. The number of benzene rings is 1. The van der Waals surface area contributed by atoms with E-state index in [9.17, 15) is 39.3 Å². The first-order valence-electron chi connectivity index (χ1n) is 15.8. The van der Waals surface area contributed by atoms with Crippen molar-refractivity contribution in [2.45, 2.75) is 89.9 Å². The lowest BCUT2D eigenvalue weighted by Gasteiger charge is -2.25. The zero-order chi connectivity index (χ0) is 36.7. The Bertz CT molecular complexity index is 1620. The largest absolute Gasteiger partial charge is 0.480 e. The number of aryl methyl sites for hydroxylation is 2. The number of fused-ring (bicyclic) bond motifs is 1. The average molecular weight is 687 g/mol. The quantitative estimate of drug-likeness (QED) is 0.0590. The number of hydrogen-bond donors (Lipinski definition) is 10. The Morgan fingerprint density at radius 1 is 0.980 bits per heavy atom. The van der Waals surface area contributed by atoms with E-state index < -0.39 is 72.0 Å². The number of nitrogens with two attached hydrogens (primary N) is 2. The lowest BCUT2D eigenvalue weighted by atomic mass is 10.0. The van der Waals surface area contributed by atoms with E-state index in [0.717, 1.165) is 5.56 Å². The van der Waals surface area contributed by atoms with E-state index in [2.05, 4.69) is 21.3 Å². The minimum absolute atomic E-state index is 0.00953. The molecule has 0 saturated heterocycles. The van der Waals surface area contributed by atoms with Crippen LogP contribution in [0.25, 0.3) is 11.0 Å². The molecule has 49 heavy (non-hydrogen) atoms. The number of hydrogen-bond acceptors (Lipinski definition) is 10. The van der Waals surface area contributed by atoms with Gasteiger partial charge in [0.1, 0.15) is 41.6 Å². The fraction of sp³-hybridized carbons (Fsp3) is 0.500. The van der Waals surface area contributed by atoms with Crippen molar-refractivity contribution < 1.29 is 43.7 Å². The van der Waals surface area contributed by atoms with Crippen LogP contribution in [-0.4, -0.2) is 105 Å². The number of aliphatic hydroxyl groups excluding tert-OH is 2. The number of carbonyl (C=O) groups excluding carboxylic acids is 4. The minimum atomic E-state index is -1.82. The summed E-state index contributed by atoms with van der Waals surface area (Å²) in [5.41, 5.74) is 13.8. The van der Waals surface area contributed by atoms with Gasteiger partial charge in [-0.15, -0.1) is 0 Å². The first-order chi connectivity index (χ1) is 23.0. The van der Waals surface area contributed by atoms with Gasteiger partial charge in [-0.25, -0.2) is 4.79 Å². The van der Waals surface area contributed by atoms with Crippen LogP contribution in [0.4, 0.5) is 0 Å². The van der Waals surface area contributed by atoms with E-state index >= 15 is 0 Å². The molecule has 2 heterocycles. The summed E-state index contributed by atoms with van der Waals surface area (Å²) >= 11 is 0. The van der Waals surface area contributed by atoms with Crippen LogP contribution in [0.15, 0.2) is 34.3 Å². The third-order valence-electron chi connectivity index (χ3n) is 8.37. The molecule has 1 aromatic heterocycles. The Morgan fingerprint density at radius 2 is 1.59 bits per heavy atom. The smallest absolute Gasteiger partial charge is 0.329 e. The SMILES string of the molecule is CCc1cccc2c(C)c(C(O)C(NC(=O)C(C)NC(=O)C(C)NC(=O)C(CC3=CCN(C(=N)N)C3)NC(=O)C(N)C(C)O)C(=O)O)oc12. The molecular formula is C32H46N8O9. The van der Waals surface area contributed by atoms with Crippen LogP contribution >= 0.6 is 0 Å². The summed E-state index contributed by atoms with van der Waals surface area (Å²) in [6.07, 6.45) is -0.591. The van der Waals surface area contributed by atoms with Gasteiger partial charge < -0.3 is 57.4 Å². The fourth-order valence-corrected chi connectivity index (χ4v) is 5.27. The Kier molecular flexibility index (Phi) is 12.9. The second kappa shape index (κ2) is 16.4. The van der Waals surface area contributed by atoms with Crippen molar-refractivity contribution in [3.8, 4) is 0 Å². The highest BCUT2D eigenvalue weighted by atomic mass is 16.4. The van der Waals surface area contributed by atoms with Crippen molar-refractivity contribution in [2.24, 2.45) is 11.5 Å². The van der Waals surface area contributed by atoms with Crippen LogP contribution in [-0.2, 0) is 30.4 Å². The number of aliphatic hydroxyl groups is 2. The van der Waals surface area contributed by atoms with Crippen LogP contribution in [0.1, 0.15) is 57.1 Å². The highest BCUT2D eigenvalue weighted by Crippen LogP contribution is 2.33. The average Bonchev–Trinajstić information content (AvgIpc) is 3.66. The van der Waals surface area contributed by atoms with Gasteiger partial charge in [-0.05, 0) is 46.1 Å². The first-order valence-corrected chi connectivity index (χ1v) is 15.8. The number of rotatable bonds is 15. The minimum Gasteiger partial charge on any atom is -0.480 e. The molecule has 2 aromatic rings. The zero-order valence-corrected chi connectivity index (χ0v) is 28.1. The summed E-state index contributed by atoms with van der Waals surface area (Å²) in [5.74, 6) is -5.04. The van der Waals surface area contributed by atoms with E-state index in [1.165, 1.54) is 25.7 Å². The lowest BCUT2D eigenvalue weighted by molar-refractivity contribution is -0.146. The number of carbonyl (C=O) groups is 5. The van der Waals surface area contributed by atoms with Crippen LogP contribution in [0, 0.1) is 12.3 Å². The molecule has 1 aliphatic heterocycles. The first kappa shape index (κ1) is 38.4. The summed E-state index contributed by atoms with van der Waals surface area (Å²) in [6, 6.07) is -1.46. The molecule has 0 fully saturated rings. The fourth-order valence-electron chi connectivity index (χ4n) is 5.27. The van der Waals surface area contributed by atoms with Crippen molar-refractivity contribution in [3.05, 3.63) is 46.7 Å². The maximum absolute atomic E-state index is 13.3. The van der Waals surface area contributed by atoms with Crippen LogP contribution < -0.4 is 32.7 Å². The predicted octanol–water partition coefficient (Wildman–Crippen LogP) is -1.37. The number of furan rings is 1. The second-order valence-corrected chi connectivity index (χ2v) is 12.1. The van der Waals surface area contributed by atoms with Crippen LogP contribution in [0.2, 0.25) is 0 Å². The summed E-state index contributed by atoms with van der Waals surface area (Å²) in [4.78, 5) is 65.6. The molecule has 4 amide bonds. The molecule has 0 spiro atoms. The number of nitrogens with zero attached hydrogens (tertiary/aromatic N) is 1. The summed E-state index contributed by atoms with van der Waals surface area (Å²) in [6.45, 7) is 8.11. The van der Waals surface area contributed by atoms with Gasteiger partial charge in [-0.2, -0.15) is 0 Å². The van der Waals surface area contributed by atoms with Gasteiger partial charge in [0.2, 0.25) is 23.6 Å². The molecule has 12 N–H and O–H groups in total. The molecule has 17 heteroatoms. The van der Waals surface area contributed by atoms with E-state index in [4.69, 9.17) is 21.3 Å².